The van der Waals surface area contributed by atoms with Gasteiger partial charge >= 0.3 is 11.9 Å². The number of carboxylic acid groups (broad SMARTS) is 2. The Bertz CT molecular complexity index is 568. The average molecular weight is 322 g/mol. The Morgan fingerprint density at radius 2 is 1.26 bits per heavy atom. The number of hydrogen-bond donors (Lipinski definition) is 3. The predicted octanol–water partition coefficient (Wildman–Crippen LogP) is 3.32. The summed E-state index contributed by atoms with van der Waals surface area (Å²) >= 11 is 0. The molecule has 1 aromatic carbocycles. The second-order valence-corrected chi connectivity index (χ2v) is 7.97. The lowest BCUT2D eigenvalue weighted by atomic mass is 9.77. The predicted molar refractivity (Wildman–Crippen MR) is 88.0 cm³/mol. The molecule has 0 aromatic heterocycles. The van der Waals surface area contributed by atoms with E-state index in [-0.39, 0.29) is 23.0 Å². The number of rotatable bonds is 4. The summed E-state index contributed by atoms with van der Waals surface area (Å²) in [7, 11) is 0. The quantitative estimate of drug-likeness (QED) is 0.739. The molecule has 0 aliphatic heterocycles. The minimum absolute atomic E-state index is 0.114. The number of benzene rings is 1. The minimum Gasteiger partial charge on any atom is -0.507 e. The van der Waals surface area contributed by atoms with Crippen molar-refractivity contribution < 1.29 is 24.9 Å². The Labute approximate surface area is 137 Å². The van der Waals surface area contributed by atoms with Crippen LogP contribution < -0.4 is 0 Å². The van der Waals surface area contributed by atoms with Crippen LogP contribution in [0.15, 0.2) is 12.1 Å². The van der Waals surface area contributed by atoms with E-state index in [2.05, 4.69) is 0 Å². The van der Waals surface area contributed by atoms with Crippen molar-refractivity contribution in [3.05, 3.63) is 28.8 Å². The largest absolute Gasteiger partial charge is 0.507 e. The van der Waals surface area contributed by atoms with Crippen molar-refractivity contribution in [1.29, 1.82) is 0 Å². The maximum absolute atomic E-state index is 11.1. The molecule has 0 radical (unpaired) electrons. The van der Waals surface area contributed by atoms with E-state index in [9.17, 15) is 14.7 Å². The zero-order chi connectivity index (χ0) is 18.2. The van der Waals surface area contributed by atoms with E-state index >= 15 is 0 Å². The molecular formula is C18H26O5. The van der Waals surface area contributed by atoms with E-state index in [0.29, 0.717) is 16.7 Å². The molecule has 128 valence electrons. The van der Waals surface area contributed by atoms with Crippen LogP contribution in [0.5, 0.6) is 5.75 Å². The van der Waals surface area contributed by atoms with Gasteiger partial charge in [-0.05, 0) is 33.9 Å². The zero-order valence-corrected chi connectivity index (χ0v) is 14.6. The summed E-state index contributed by atoms with van der Waals surface area (Å²) in [5.74, 6) is -4.03. The maximum atomic E-state index is 11.1. The first-order chi connectivity index (χ1) is 10.2. The molecule has 3 N–H and O–H groups in total. The van der Waals surface area contributed by atoms with Gasteiger partial charge in [0.2, 0.25) is 0 Å². The van der Waals surface area contributed by atoms with Crippen molar-refractivity contribution >= 4 is 11.9 Å². The summed E-state index contributed by atoms with van der Waals surface area (Å²) < 4.78 is 0. The number of hydrogen-bond acceptors (Lipinski definition) is 3. The van der Waals surface area contributed by atoms with Gasteiger partial charge in [0.1, 0.15) is 5.75 Å². The highest BCUT2D eigenvalue weighted by Crippen LogP contribution is 2.40. The van der Waals surface area contributed by atoms with E-state index in [1.165, 1.54) is 0 Å². The van der Waals surface area contributed by atoms with Crippen molar-refractivity contribution in [3.8, 4) is 5.75 Å². The van der Waals surface area contributed by atoms with Gasteiger partial charge in [-0.15, -0.1) is 0 Å². The molecule has 1 aromatic rings. The van der Waals surface area contributed by atoms with Gasteiger partial charge in [0, 0.05) is 0 Å². The van der Waals surface area contributed by atoms with Gasteiger partial charge in [-0.3, -0.25) is 9.59 Å². The van der Waals surface area contributed by atoms with Crippen molar-refractivity contribution in [2.24, 2.45) is 5.92 Å². The monoisotopic (exact) mass is 322 g/mol. The molecule has 0 saturated carbocycles. The van der Waals surface area contributed by atoms with Crippen LogP contribution in [0.25, 0.3) is 0 Å². The number of aromatic hydroxyl groups is 1. The smallest absolute Gasteiger partial charge is 0.318 e. The van der Waals surface area contributed by atoms with Crippen molar-refractivity contribution in [2.45, 2.75) is 58.8 Å². The molecule has 0 amide bonds. The molecule has 0 unspecified atom stereocenters. The van der Waals surface area contributed by atoms with Crippen molar-refractivity contribution in [2.75, 3.05) is 0 Å². The van der Waals surface area contributed by atoms with Gasteiger partial charge in [0.25, 0.3) is 0 Å². The highest BCUT2D eigenvalue weighted by molar-refractivity contribution is 5.93. The van der Waals surface area contributed by atoms with Crippen LogP contribution in [-0.4, -0.2) is 27.3 Å². The summed E-state index contributed by atoms with van der Waals surface area (Å²) in [6, 6.07) is 3.42. The standard InChI is InChI=1S/C18H26O5/c1-17(2,3)12-8-10(7-11(15(20)21)16(22)23)9-13(14(12)19)18(4,5)6/h8-9,11,19H,7H2,1-6H3,(H,20,21)(H,22,23). The van der Waals surface area contributed by atoms with E-state index in [4.69, 9.17) is 10.2 Å². The molecule has 0 aliphatic carbocycles. The molecule has 5 nitrogen and oxygen atoms in total. The van der Waals surface area contributed by atoms with Gasteiger partial charge in [0.05, 0.1) is 0 Å². The van der Waals surface area contributed by atoms with E-state index in [0.717, 1.165) is 0 Å². The summed E-state index contributed by atoms with van der Waals surface area (Å²) in [5.41, 5.74) is 1.29. The van der Waals surface area contributed by atoms with Crippen LogP contribution in [0.1, 0.15) is 58.2 Å². The van der Waals surface area contributed by atoms with Crippen LogP contribution in [0.4, 0.5) is 0 Å². The second-order valence-electron chi connectivity index (χ2n) is 7.97. The lowest BCUT2D eigenvalue weighted by Crippen LogP contribution is -2.26. The van der Waals surface area contributed by atoms with Gasteiger partial charge in [0.15, 0.2) is 5.92 Å². The molecule has 0 heterocycles. The van der Waals surface area contributed by atoms with E-state index in [1.807, 2.05) is 41.5 Å². The number of phenolic OH excluding ortho intramolecular Hbond substituents is 1. The molecule has 0 saturated heterocycles. The third-order valence-electron chi connectivity index (χ3n) is 3.82. The second kappa shape index (κ2) is 6.22. The molecule has 23 heavy (non-hydrogen) atoms. The molecule has 0 aliphatic rings. The Balaban J connectivity index is 3.50. The first kappa shape index (κ1) is 19.0. The number of phenols is 1. The van der Waals surface area contributed by atoms with Crippen LogP contribution >= 0.6 is 0 Å². The minimum atomic E-state index is -1.50. The average Bonchev–Trinajstić information content (AvgIpc) is 2.33. The van der Waals surface area contributed by atoms with Crippen molar-refractivity contribution in [1.82, 2.24) is 0 Å². The first-order valence-electron chi connectivity index (χ1n) is 7.57. The van der Waals surface area contributed by atoms with Crippen LogP contribution in [0.2, 0.25) is 0 Å². The first-order valence-corrected chi connectivity index (χ1v) is 7.57. The zero-order valence-electron chi connectivity index (χ0n) is 14.6. The third kappa shape index (κ3) is 4.47. The fourth-order valence-electron chi connectivity index (χ4n) is 2.47. The summed E-state index contributed by atoms with van der Waals surface area (Å²) in [6.07, 6.45) is -0.114. The third-order valence-corrected chi connectivity index (χ3v) is 3.82. The Kier molecular flexibility index (Phi) is 5.14. The fourth-order valence-corrected chi connectivity index (χ4v) is 2.47. The molecular weight excluding hydrogens is 296 g/mol. The lowest BCUT2D eigenvalue weighted by Gasteiger charge is -2.28. The van der Waals surface area contributed by atoms with Gasteiger partial charge in [-0.2, -0.15) is 0 Å². The molecule has 0 spiro atoms. The summed E-state index contributed by atoms with van der Waals surface area (Å²) in [6.45, 7) is 11.7. The van der Waals surface area contributed by atoms with Gasteiger partial charge < -0.3 is 15.3 Å². The Morgan fingerprint density at radius 3 is 1.52 bits per heavy atom. The molecule has 0 bridgehead atoms. The van der Waals surface area contributed by atoms with Gasteiger partial charge in [-0.25, -0.2) is 0 Å². The van der Waals surface area contributed by atoms with E-state index < -0.39 is 17.9 Å². The number of carboxylic acids is 2. The topological polar surface area (TPSA) is 94.8 Å². The fraction of sp³-hybridized carbons (Fsp3) is 0.556. The van der Waals surface area contributed by atoms with Crippen LogP contribution in [-0.2, 0) is 26.8 Å². The highest BCUT2D eigenvalue weighted by Gasteiger charge is 2.30. The summed E-state index contributed by atoms with van der Waals surface area (Å²) in [5, 5.41) is 28.8. The molecule has 1 rings (SSSR count). The maximum Gasteiger partial charge on any atom is 0.318 e. The van der Waals surface area contributed by atoms with Gasteiger partial charge in [-0.1, -0.05) is 53.7 Å². The number of carbonyl (C=O) groups is 2. The highest BCUT2D eigenvalue weighted by atomic mass is 16.4. The van der Waals surface area contributed by atoms with Crippen molar-refractivity contribution in [3.63, 3.8) is 0 Å². The summed E-state index contributed by atoms with van der Waals surface area (Å²) in [4.78, 5) is 22.3. The van der Waals surface area contributed by atoms with Crippen LogP contribution in [0, 0.1) is 5.92 Å². The van der Waals surface area contributed by atoms with E-state index in [1.54, 1.807) is 12.1 Å². The molecule has 5 heteroatoms. The Hall–Kier alpha value is -2.04. The number of aliphatic carboxylic acids is 2. The SMILES string of the molecule is CC(C)(C)c1cc(CC(C(=O)O)C(=O)O)cc(C(C)(C)C)c1O. The molecule has 0 fully saturated rings. The Morgan fingerprint density at radius 1 is 0.913 bits per heavy atom. The normalized spacial score (nSPS) is 12.5. The lowest BCUT2D eigenvalue weighted by molar-refractivity contribution is -0.154. The molecule has 0 atom stereocenters. The van der Waals surface area contributed by atoms with Crippen LogP contribution in [0.3, 0.4) is 0 Å².